The van der Waals surface area contributed by atoms with Crippen molar-refractivity contribution in [2.75, 3.05) is 33.2 Å². The zero-order chi connectivity index (χ0) is 17.3. The van der Waals surface area contributed by atoms with E-state index in [1.807, 2.05) is 7.05 Å². The Bertz CT molecular complexity index is 686. The summed E-state index contributed by atoms with van der Waals surface area (Å²) < 4.78 is 0. The molecule has 2 atom stereocenters. The molecule has 2 heterocycles. The number of fused-ring (bicyclic) bond motifs is 1. The number of piperidine rings is 1. The minimum atomic E-state index is 0.104. The number of hydrogen-bond donors (Lipinski definition) is 2. The number of amides is 1. The van der Waals surface area contributed by atoms with Crippen molar-refractivity contribution in [2.45, 2.75) is 38.0 Å². The zero-order valence-electron chi connectivity index (χ0n) is 15.1. The summed E-state index contributed by atoms with van der Waals surface area (Å²) in [5.41, 5.74) is 3.09. The van der Waals surface area contributed by atoms with Crippen LogP contribution in [0.15, 0.2) is 29.3 Å². The van der Waals surface area contributed by atoms with Gasteiger partial charge in [0.15, 0.2) is 5.96 Å². The van der Waals surface area contributed by atoms with E-state index in [9.17, 15) is 4.79 Å². The van der Waals surface area contributed by atoms with E-state index >= 15 is 0 Å². The molecule has 134 valence electrons. The van der Waals surface area contributed by atoms with Gasteiger partial charge in [-0.25, -0.2) is 0 Å². The van der Waals surface area contributed by atoms with Crippen molar-refractivity contribution in [1.82, 2.24) is 15.5 Å². The van der Waals surface area contributed by atoms with Crippen LogP contribution in [-0.2, 0) is 11.2 Å². The molecule has 1 spiro atoms. The normalized spacial score (nSPS) is 29.0. The Morgan fingerprint density at radius 2 is 2.32 bits per heavy atom. The summed E-state index contributed by atoms with van der Waals surface area (Å²) in [6.07, 6.45) is 5.32. The second kappa shape index (κ2) is 6.70. The third-order valence-electron chi connectivity index (χ3n) is 6.13. The number of benzene rings is 1. The van der Waals surface area contributed by atoms with E-state index in [4.69, 9.17) is 0 Å². The molecular formula is C20H28N4O. The van der Waals surface area contributed by atoms with Crippen molar-refractivity contribution in [2.24, 2.45) is 10.4 Å². The standard InChI is InChI=1S/C20H28N4O/c1-21-19(22-12-16-8-7-15-5-2-3-6-17(15)16)24-10-4-9-20(14-24)11-18(25)23-13-20/h2-3,5-6,16H,4,7-14H2,1H3,(H,21,22)(H,23,25). The summed E-state index contributed by atoms with van der Waals surface area (Å²) in [7, 11) is 1.87. The van der Waals surface area contributed by atoms with Crippen LogP contribution >= 0.6 is 0 Å². The molecule has 0 radical (unpaired) electrons. The number of hydrogen-bond acceptors (Lipinski definition) is 2. The van der Waals surface area contributed by atoms with Crippen molar-refractivity contribution in [1.29, 1.82) is 0 Å². The van der Waals surface area contributed by atoms with E-state index in [1.165, 1.54) is 24.0 Å². The number of carbonyl (C=O) groups is 1. The molecule has 2 N–H and O–H groups in total. The predicted molar refractivity (Wildman–Crippen MR) is 99.7 cm³/mol. The molecule has 2 saturated heterocycles. The molecule has 3 aliphatic rings. The Balaban J connectivity index is 1.39. The number of aryl methyl sites for hydroxylation is 1. The summed E-state index contributed by atoms with van der Waals surface area (Å²) in [6.45, 7) is 3.70. The number of aliphatic imine (C=N–C) groups is 1. The van der Waals surface area contributed by atoms with Gasteiger partial charge in [-0.2, -0.15) is 0 Å². The number of carbonyl (C=O) groups excluding carboxylic acids is 1. The minimum Gasteiger partial charge on any atom is -0.356 e. The lowest BCUT2D eigenvalue weighted by molar-refractivity contribution is -0.119. The molecule has 2 aliphatic heterocycles. The summed E-state index contributed by atoms with van der Waals surface area (Å²) >= 11 is 0. The average Bonchev–Trinajstić information content (AvgIpc) is 3.20. The lowest BCUT2D eigenvalue weighted by Crippen LogP contribution is -2.51. The van der Waals surface area contributed by atoms with Crippen molar-refractivity contribution in [3.05, 3.63) is 35.4 Å². The molecule has 2 unspecified atom stereocenters. The van der Waals surface area contributed by atoms with Crippen LogP contribution in [0, 0.1) is 5.41 Å². The summed E-state index contributed by atoms with van der Waals surface area (Å²) in [6, 6.07) is 8.80. The smallest absolute Gasteiger partial charge is 0.220 e. The largest absolute Gasteiger partial charge is 0.356 e. The Hall–Kier alpha value is -2.04. The Kier molecular flexibility index (Phi) is 4.40. The molecule has 5 nitrogen and oxygen atoms in total. The van der Waals surface area contributed by atoms with Crippen LogP contribution in [0.2, 0.25) is 0 Å². The highest BCUT2D eigenvalue weighted by atomic mass is 16.1. The van der Waals surface area contributed by atoms with Gasteiger partial charge >= 0.3 is 0 Å². The van der Waals surface area contributed by atoms with E-state index in [0.29, 0.717) is 12.3 Å². The molecule has 5 heteroatoms. The first-order valence-electron chi connectivity index (χ1n) is 9.49. The van der Waals surface area contributed by atoms with Gasteiger partial charge in [-0.05, 0) is 36.8 Å². The SMILES string of the molecule is CN=C(NCC1CCc2ccccc21)N1CCCC2(CNC(=O)C2)C1. The Morgan fingerprint density at radius 3 is 3.12 bits per heavy atom. The lowest BCUT2D eigenvalue weighted by Gasteiger charge is -2.41. The van der Waals surface area contributed by atoms with Crippen LogP contribution in [0.4, 0.5) is 0 Å². The van der Waals surface area contributed by atoms with Crippen LogP contribution in [0.25, 0.3) is 0 Å². The maximum atomic E-state index is 11.7. The first-order chi connectivity index (χ1) is 12.2. The molecule has 2 fully saturated rings. The Morgan fingerprint density at radius 1 is 1.44 bits per heavy atom. The molecular weight excluding hydrogens is 312 g/mol. The third-order valence-corrected chi connectivity index (χ3v) is 6.13. The molecule has 0 aromatic heterocycles. The van der Waals surface area contributed by atoms with Gasteiger partial charge in [0.2, 0.25) is 5.91 Å². The van der Waals surface area contributed by atoms with Crippen molar-refractivity contribution < 1.29 is 4.79 Å². The second-order valence-corrected chi connectivity index (χ2v) is 7.84. The van der Waals surface area contributed by atoms with E-state index in [0.717, 1.165) is 45.0 Å². The Labute approximate surface area is 149 Å². The van der Waals surface area contributed by atoms with Gasteiger partial charge in [0.05, 0.1) is 0 Å². The topological polar surface area (TPSA) is 56.7 Å². The highest BCUT2D eigenvalue weighted by molar-refractivity contribution is 5.81. The van der Waals surface area contributed by atoms with Crippen LogP contribution < -0.4 is 10.6 Å². The van der Waals surface area contributed by atoms with Crippen molar-refractivity contribution in [3.8, 4) is 0 Å². The highest BCUT2D eigenvalue weighted by Crippen LogP contribution is 2.36. The van der Waals surface area contributed by atoms with Crippen molar-refractivity contribution >= 4 is 11.9 Å². The van der Waals surface area contributed by atoms with E-state index < -0.39 is 0 Å². The first kappa shape index (κ1) is 16.4. The minimum absolute atomic E-state index is 0.104. The third kappa shape index (κ3) is 3.24. The van der Waals surface area contributed by atoms with Gasteiger partial charge < -0.3 is 15.5 Å². The van der Waals surface area contributed by atoms with Gasteiger partial charge in [0.25, 0.3) is 0 Å². The van der Waals surface area contributed by atoms with Crippen LogP contribution in [0.3, 0.4) is 0 Å². The zero-order valence-corrected chi connectivity index (χ0v) is 15.1. The van der Waals surface area contributed by atoms with Crippen LogP contribution in [-0.4, -0.2) is 50.0 Å². The van der Waals surface area contributed by atoms with Gasteiger partial charge in [-0.15, -0.1) is 0 Å². The predicted octanol–water partition coefficient (Wildman–Crippen LogP) is 1.89. The number of rotatable bonds is 2. The molecule has 1 amide bonds. The number of nitrogens with one attached hydrogen (secondary N) is 2. The molecule has 1 aromatic carbocycles. The first-order valence-corrected chi connectivity index (χ1v) is 9.49. The van der Waals surface area contributed by atoms with Gasteiger partial charge in [0, 0.05) is 51.0 Å². The molecule has 1 aromatic rings. The number of likely N-dealkylation sites (tertiary alicyclic amines) is 1. The quantitative estimate of drug-likeness (QED) is 0.639. The number of nitrogens with zero attached hydrogens (tertiary/aromatic N) is 2. The van der Waals surface area contributed by atoms with E-state index in [-0.39, 0.29) is 11.3 Å². The van der Waals surface area contributed by atoms with Crippen LogP contribution in [0.1, 0.15) is 42.7 Å². The summed E-state index contributed by atoms with van der Waals surface area (Å²) in [5, 5.41) is 6.63. The fourth-order valence-electron chi connectivity index (χ4n) is 4.83. The molecule has 4 rings (SSSR count). The maximum Gasteiger partial charge on any atom is 0.220 e. The van der Waals surface area contributed by atoms with E-state index in [2.05, 4.69) is 44.8 Å². The lowest BCUT2D eigenvalue weighted by atomic mass is 9.79. The van der Waals surface area contributed by atoms with Gasteiger partial charge in [0.1, 0.15) is 0 Å². The second-order valence-electron chi connectivity index (χ2n) is 7.84. The van der Waals surface area contributed by atoms with Gasteiger partial charge in [-0.1, -0.05) is 24.3 Å². The molecule has 25 heavy (non-hydrogen) atoms. The molecule has 1 aliphatic carbocycles. The fraction of sp³-hybridized carbons (Fsp3) is 0.600. The highest BCUT2D eigenvalue weighted by Gasteiger charge is 2.42. The monoisotopic (exact) mass is 340 g/mol. The van der Waals surface area contributed by atoms with Gasteiger partial charge in [-0.3, -0.25) is 9.79 Å². The summed E-state index contributed by atoms with van der Waals surface area (Å²) in [5.74, 6) is 1.76. The van der Waals surface area contributed by atoms with Crippen molar-refractivity contribution in [3.63, 3.8) is 0 Å². The van der Waals surface area contributed by atoms with E-state index in [1.54, 1.807) is 0 Å². The average molecular weight is 340 g/mol. The maximum absolute atomic E-state index is 11.7. The van der Waals surface area contributed by atoms with Crippen LogP contribution in [0.5, 0.6) is 0 Å². The molecule has 0 bridgehead atoms. The fourth-order valence-corrected chi connectivity index (χ4v) is 4.83. The number of guanidine groups is 1. The summed E-state index contributed by atoms with van der Waals surface area (Å²) in [4.78, 5) is 18.6. The molecule has 0 saturated carbocycles.